The molecule has 1 atom stereocenters. The molecule has 29 heavy (non-hydrogen) atoms. The molecule has 156 valence electrons. The van der Waals surface area contributed by atoms with Crippen LogP contribution in [0.2, 0.25) is 0 Å². The largest absolute Gasteiger partial charge is 0.397 e. The van der Waals surface area contributed by atoms with Crippen LogP contribution in [0.5, 0.6) is 0 Å². The monoisotopic (exact) mass is 396 g/mol. The first-order valence-corrected chi connectivity index (χ1v) is 10.1. The number of hydrogen-bond donors (Lipinski definition) is 3. The van der Waals surface area contributed by atoms with Crippen LogP contribution in [0.15, 0.2) is 48.5 Å². The van der Waals surface area contributed by atoms with E-state index in [-0.39, 0.29) is 5.91 Å². The Kier molecular flexibility index (Phi) is 6.57. The average molecular weight is 397 g/mol. The summed E-state index contributed by atoms with van der Waals surface area (Å²) < 4.78 is 0. The van der Waals surface area contributed by atoms with Crippen LogP contribution in [0.3, 0.4) is 0 Å². The fraction of sp³-hybridized carbons (Fsp3) is 0.435. The second kappa shape index (κ2) is 8.95. The Morgan fingerprint density at radius 1 is 1.17 bits per heavy atom. The number of carbonyl (C=O) groups is 1. The highest BCUT2D eigenvalue weighted by Gasteiger charge is 2.27. The van der Waals surface area contributed by atoms with Crippen molar-refractivity contribution in [1.82, 2.24) is 9.80 Å². The third-order valence-corrected chi connectivity index (χ3v) is 5.27. The molecule has 0 radical (unpaired) electrons. The predicted molar refractivity (Wildman–Crippen MR) is 118 cm³/mol. The molecule has 1 saturated heterocycles. The number of aliphatic hydroxyl groups is 1. The Morgan fingerprint density at radius 2 is 1.86 bits per heavy atom. The molecule has 0 aliphatic carbocycles. The van der Waals surface area contributed by atoms with Crippen molar-refractivity contribution in [2.75, 3.05) is 37.2 Å². The van der Waals surface area contributed by atoms with Gasteiger partial charge in [-0.05, 0) is 50.6 Å². The number of nitrogens with two attached hydrogens (primary N) is 1. The molecule has 3 rings (SSSR count). The summed E-state index contributed by atoms with van der Waals surface area (Å²) in [6, 6.07) is 15.4. The van der Waals surface area contributed by atoms with Gasteiger partial charge in [0, 0.05) is 44.3 Å². The average Bonchev–Trinajstić information content (AvgIpc) is 2.65. The lowest BCUT2D eigenvalue weighted by Crippen LogP contribution is -2.54. The minimum Gasteiger partial charge on any atom is -0.397 e. The number of nitrogen functional groups attached to an aromatic ring is 1. The van der Waals surface area contributed by atoms with Crippen molar-refractivity contribution in [3.63, 3.8) is 0 Å². The highest BCUT2D eigenvalue weighted by molar-refractivity contribution is 6.05. The standard InChI is InChI=1S/C23H32N4O2/c1-17-14-26(12-13-27(17)16-23(2,3)29)15-18-8-10-19(11-9-18)22(28)25-21-7-5-4-6-20(21)24/h4-11,17,29H,12-16,24H2,1-3H3,(H,25,28). The maximum atomic E-state index is 12.5. The summed E-state index contributed by atoms with van der Waals surface area (Å²) in [7, 11) is 0. The SMILES string of the molecule is CC1CN(Cc2ccc(C(=O)Nc3ccccc3N)cc2)CCN1CC(C)(C)O. The first-order valence-electron chi connectivity index (χ1n) is 10.1. The van der Waals surface area contributed by atoms with Crippen molar-refractivity contribution in [1.29, 1.82) is 0 Å². The van der Waals surface area contributed by atoms with Gasteiger partial charge in [-0.1, -0.05) is 24.3 Å². The van der Waals surface area contributed by atoms with E-state index in [0.29, 0.717) is 29.5 Å². The van der Waals surface area contributed by atoms with Crippen LogP contribution >= 0.6 is 0 Å². The van der Waals surface area contributed by atoms with Crippen molar-refractivity contribution in [3.8, 4) is 0 Å². The van der Waals surface area contributed by atoms with Crippen molar-refractivity contribution >= 4 is 17.3 Å². The minimum atomic E-state index is -0.669. The smallest absolute Gasteiger partial charge is 0.255 e. The van der Waals surface area contributed by atoms with Gasteiger partial charge in [-0.15, -0.1) is 0 Å². The summed E-state index contributed by atoms with van der Waals surface area (Å²) in [4.78, 5) is 17.2. The van der Waals surface area contributed by atoms with Gasteiger partial charge in [0.2, 0.25) is 0 Å². The molecule has 0 aromatic heterocycles. The molecule has 6 heteroatoms. The first-order chi connectivity index (χ1) is 13.7. The Hall–Kier alpha value is -2.41. The van der Waals surface area contributed by atoms with Crippen LogP contribution in [0.1, 0.15) is 36.7 Å². The van der Waals surface area contributed by atoms with Gasteiger partial charge < -0.3 is 16.2 Å². The maximum absolute atomic E-state index is 12.5. The van der Waals surface area contributed by atoms with E-state index in [1.165, 1.54) is 5.56 Å². The van der Waals surface area contributed by atoms with Gasteiger partial charge in [-0.3, -0.25) is 14.6 Å². The van der Waals surface area contributed by atoms with E-state index in [9.17, 15) is 9.90 Å². The summed E-state index contributed by atoms with van der Waals surface area (Å²) >= 11 is 0. The van der Waals surface area contributed by atoms with Gasteiger partial charge in [0.05, 0.1) is 17.0 Å². The van der Waals surface area contributed by atoms with Gasteiger partial charge in [0.1, 0.15) is 0 Å². The number of carbonyl (C=O) groups excluding carboxylic acids is 1. The lowest BCUT2D eigenvalue weighted by molar-refractivity contribution is -0.00506. The molecule has 2 aromatic carbocycles. The molecule has 1 aliphatic heterocycles. The maximum Gasteiger partial charge on any atom is 0.255 e. The van der Waals surface area contributed by atoms with E-state index >= 15 is 0 Å². The highest BCUT2D eigenvalue weighted by Crippen LogP contribution is 2.19. The van der Waals surface area contributed by atoms with Gasteiger partial charge in [-0.2, -0.15) is 0 Å². The molecule has 1 unspecified atom stereocenters. The number of hydrogen-bond acceptors (Lipinski definition) is 5. The van der Waals surface area contributed by atoms with Crippen LogP contribution in [0.4, 0.5) is 11.4 Å². The van der Waals surface area contributed by atoms with E-state index in [2.05, 4.69) is 22.0 Å². The normalized spacial score (nSPS) is 18.6. The van der Waals surface area contributed by atoms with Crippen molar-refractivity contribution < 1.29 is 9.90 Å². The number of anilines is 2. The molecule has 1 aliphatic rings. The molecular formula is C23H32N4O2. The number of rotatable bonds is 6. The fourth-order valence-electron chi connectivity index (χ4n) is 3.77. The second-order valence-corrected chi connectivity index (χ2v) is 8.61. The number of amides is 1. The topological polar surface area (TPSA) is 81.8 Å². The number of piperazine rings is 1. The van der Waals surface area contributed by atoms with Crippen LogP contribution < -0.4 is 11.1 Å². The number of benzene rings is 2. The van der Waals surface area contributed by atoms with Crippen LogP contribution in [0, 0.1) is 0 Å². The summed E-state index contributed by atoms with van der Waals surface area (Å²) in [6.45, 7) is 10.4. The molecule has 4 N–H and O–H groups in total. The number of nitrogens with one attached hydrogen (secondary N) is 1. The quantitative estimate of drug-likeness (QED) is 0.654. The van der Waals surface area contributed by atoms with Crippen molar-refractivity contribution in [3.05, 3.63) is 59.7 Å². The Morgan fingerprint density at radius 3 is 2.48 bits per heavy atom. The minimum absolute atomic E-state index is 0.164. The van der Waals surface area contributed by atoms with E-state index in [1.807, 2.05) is 50.2 Å². The van der Waals surface area contributed by atoms with Gasteiger partial charge in [-0.25, -0.2) is 0 Å². The molecule has 0 spiro atoms. The molecule has 0 bridgehead atoms. The summed E-state index contributed by atoms with van der Waals surface area (Å²) in [5.41, 5.74) is 8.19. The Bertz CT molecular complexity index is 830. The van der Waals surface area contributed by atoms with Crippen molar-refractivity contribution in [2.45, 2.75) is 39.0 Å². The van der Waals surface area contributed by atoms with Crippen LogP contribution in [0.25, 0.3) is 0 Å². The van der Waals surface area contributed by atoms with E-state index < -0.39 is 5.60 Å². The molecule has 1 heterocycles. The van der Waals surface area contributed by atoms with Gasteiger partial charge in [0.15, 0.2) is 0 Å². The third kappa shape index (κ3) is 6.03. The van der Waals surface area contributed by atoms with Crippen LogP contribution in [-0.2, 0) is 6.54 Å². The lowest BCUT2D eigenvalue weighted by Gasteiger charge is -2.42. The first kappa shape index (κ1) is 21.3. The van der Waals surface area contributed by atoms with E-state index in [0.717, 1.165) is 26.2 Å². The molecule has 1 fully saturated rings. The molecule has 2 aromatic rings. The zero-order chi connectivity index (χ0) is 21.0. The fourth-order valence-corrected chi connectivity index (χ4v) is 3.77. The number of β-amino-alcohol motifs (C(OH)–C–C–N with tert-alkyl or cyclic N) is 1. The molecule has 1 amide bonds. The Labute approximate surface area is 173 Å². The summed E-state index contributed by atoms with van der Waals surface area (Å²) in [6.07, 6.45) is 0. The van der Waals surface area contributed by atoms with Gasteiger partial charge in [0.25, 0.3) is 5.91 Å². The van der Waals surface area contributed by atoms with Gasteiger partial charge >= 0.3 is 0 Å². The summed E-state index contributed by atoms with van der Waals surface area (Å²) in [5.74, 6) is -0.164. The van der Waals surface area contributed by atoms with Crippen LogP contribution in [-0.4, -0.2) is 58.6 Å². The van der Waals surface area contributed by atoms with E-state index in [4.69, 9.17) is 5.73 Å². The molecule has 6 nitrogen and oxygen atoms in total. The van der Waals surface area contributed by atoms with Crippen molar-refractivity contribution in [2.24, 2.45) is 0 Å². The Balaban J connectivity index is 1.54. The predicted octanol–water partition coefficient (Wildman–Crippen LogP) is 2.80. The zero-order valence-corrected chi connectivity index (χ0v) is 17.6. The molecule has 0 saturated carbocycles. The molecular weight excluding hydrogens is 364 g/mol. The number of nitrogens with zero attached hydrogens (tertiary/aromatic N) is 2. The third-order valence-electron chi connectivity index (χ3n) is 5.27. The number of para-hydroxylation sites is 2. The van der Waals surface area contributed by atoms with E-state index in [1.54, 1.807) is 12.1 Å². The lowest BCUT2D eigenvalue weighted by atomic mass is 10.1. The zero-order valence-electron chi connectivity index (χ0n) is 17.6. The summed E-state index contributed by atoms with van der Waals surface area (Å²) in [5, 5.41) is 12.9. The second-order valence-electron chi connectivity index (χ2n) is 8.61. The highest BCUT2D eigenvalue weighted by atomic mass is 16.3.